The number of methoxy groups -OCH3 is 2. The van der Waals surface area contributed by atoms with Gasteiger partial charge in [-0.3, -0.25) is 0 Å². The summed E-state index contributed by atoms with van der Waals surface area (Å²) in [7, 11) is 3.42. The molecular formula is C17H27NO2. The van der Waals surface area contributed by atoms with Gasteiger partial charge >= 0.3 is 0 Å². The van der Waals surface area contributed by atoms with Crippen LogP contribution in [0.2, 0.25) is 0 Å². The highest BCUT2D eigenvalue weighted by Crippen LogP contribution is 2.44. The first-order valence-electron chi connectivity index (χ1n) is 7.57. The van der Waals surface area contributed by atoms with E-state index in [2.05, 4.69) is 31.3 Å². The van der Waals surface area contributed by atoms with E-state index in [9.17, 15) is 0 Å². The quantitative estimate of drug-likeness (QED) is 0.828. The second-order valence-corrected chi connectivity index (χ2v) is 6.14. The van der Waals surface area contributed by atoms with Crippen LogP contribution in [0.4, 0.5) is 0 Å². The van der Waals surface area contributed by atoms with Crippen LogP contribution in [0.15, 0.2) is 18.2 Å². The molecule has 2 atom stereocenters. The number of nitrogens with one attached hydrogen (secondary N) is 1. The van der Waals surface area contributed by atoms with Gasteiger partial charge in [-0.25, -0.2) is 0 Å². The number of hydrogen-bond acceptors (Lipinski definition) is 3. The van der Waals surface area contributed by atoms with Gasteiger partial charge in [-0.15, -0.1) is 0 Å². The van der Waals surface area contributed by atoms with E-state index in [1.54, 1.807) is 14.2 Å². The lowest BCUT2D eigenvalue weighted by molar-refractivity contribution is 0.242. The SMILES string of the molecule is COc1cc(OC)cc(C2CCC2CNCC(C)C)c1. The molecular weight excluding hydrogens is 250 g/mol. The van der Waals surface area contributed by atoms with Crippen molar-refractivity contribution >= 4 is 0 Å². The van der Waals surface area contributed by atoms with Gasteiger partial charge < -0.3 is 14.8 Å². The van der Waals surface area contributed by atoms with Crippen molar-refractivity contribution in [3.8, 4) is 11.5 Å². The van der Waals surface area contributed by atoms with Crippen molar-refractivity contribution < 1.29 is 9.47 Å². The second-order valence-electron chi connectivity index (χ2n) is 6.14. The molecule has 3 heteroatoms. The van der Waals surface area contributed by atoms with Gasteiger partial charge in [-0.05, 0) is 61.4 Å². The highest BCUT2D eigenvalue weighted by atomic mass is 16.5. The summed E-state index contributed by atoms with van der Waals surface area (Å²) in [6.45, 7) is 6.71. The maximum Gasteiger partial charge on any atom is 0.122 e. The lowest BCUT2D eigenvalue weighted by Gasteiger charge is -2.37. The summed E-state index contributed by atoms with van der Waals surface area (Å²) in [5.74, 6) is 3.87. The van der Waals surface area contributed by atoms with Crippen LogP contribution in [0.25, 0.3) is 0 Å². The summed E-state index contributed by atoms with van der Waals surface area (Å²) >= 11 is 0. The van der Waals surface area contributed by atoms with Crippen molar-refractivity contribution in [1.82, 2.24) is 5.32 Å². The van der Waals surface area contributed by atoms with Crippen molar-refractivity contribution in [2.24, 2.45) is 11.8 Å². The van der Waals surface area contributed by atoms with Crippen LogP contribution in [0.5, 0.6) is 11.5 Å². The summed E-state index contributed by atoms with van der Waals surface area (Å²) < 4.78 is 10.7. The molecule has 0 aromatic heterocycles. The van der Waals surface area contributed by atoms with Gasteiger partial charge in [0.05, 0.1) is 14.2 Å². The second kappa shape index (κ2) is 6.98. The van der Waals surface area contributed by atoms with Crippen molar-refractivity contribution in [1.29, 1.82) is 0 Å². The lowest BCUT2D eigenvalue weighted by Crippen LogP contribution is -2.35. The Kier molecular flexibility index (Phi) is 5.30. The molecule has 3 nitrogen and oxygen atoms in total. The molecule has 0 radical (unpaired) electrons. The van der Waals surface area contributed by atoms with Gasteiger partial charge in [0.2, 0.25) is 0 Å². The molecule has 1 N–H and O–H groups in total. The van der Waals surface area contributed by atoms with Crippen LogP contribution in [-0.4, -0.2) is 27.3 Å². The Hall–Kier alpha value is -1.22. The number of rotatable bonds is 7. The molecule has 1 aromatic carbocycles. The molecule has 1 fully saturated rings. The Morgan fingerprint density at radius 2 is 1.75 bits per heavy atom. The average molecular weight is 277 g/mol. The molecule has 0 bridgehead atoms. The number of ether oxygens (including phenoxy) is 2. The predicted octanol–water partition coefficient (Wildman–Crippen LogP) is 3.44. The smallest absolute Gasteiger partial charge is 0.122 e. The number of hydrogen-bond donors (Lipinski definition) is 1. The highest BCUT2D eigenvalue weighted by molar-refractivity contribution is 5.41. The summed E-state index contributed by atoms with van der Waals surface area (Å²) in [5.41, 5.74) is 1.35. The number of benzene rings is 1. The van der Waals surface area contributed by atoms with Gasteiger partial charge in [-0.2, -0.15) is 0 Å². The molecule has 2 rings (SSSR count). The van der Waals surface area contributed by atoms with Crippen LogP contribution in [0.1, 0.15) is 38.2 Å². The van der Waals surface area contributed by atoms with E-state index in [-0.39, 0.29) is 0 Å². The first kappa shape index (κ1) is 15.2. The van der Waals surface area contributed by atoms with Gasteiger partial charge in [0, 0.05) is 6.07 Å². The predicted molar refractivity (Wildman–Crippen MR) is 82.7 cm³/mol. The fraction of sp³-hybridized carbons (Fsp3) is 0.647. The first-order valence-corrected chi connectivity index (χ1v) is 7.57. The summed E-state index contributed by atoms with van der Waals surface area (Å²) in [5, 5.41) is 3.58. The third-order valence-electron chi connectivity index (χ3n) is 4.18. The van der Waals surface area contributed by atoms with Gasteiger partial charge in [0.15, 0.2) is 0 Å². The van der Waals surface area contributed by atoms with E-state index in [1.807, 2.05) is 6.07 Å². The van der Waals surface area contributed by atoms with E-state index in [4.69, 9.17) is 9.47 Å². The molecule has 1 aromatic rings. The minimum Gasteiger partial charge on any atom is -0.497 e. The molecule has 0 spiro atoms. The minimum atomic E-state index is 0.638. The topological polar surface area (TPSA) is 30.5 Å². The monoisotopic (exact) mass is 277 g/mol. The standard InChI is InChI=1S/C17H27NO2/c1-12(2)10-18-11-13-5-6-17(13)14-7-15(19-3)9-16(8-14)20-4/h7-9,12-13,17-18H,5-6,10-11H2,1-4H3. The zero-order valence-electron chi connectivity index (χ0n) is 13.1. The third kappa shape index (κ3) is 3.66. The maximum absolute atomic E-state index is 5.37. The molecule has 1 aliphatic rings. The van der Waals surface area contributed by atoms with Crippen molar-refractivity contribution in [2.45, 2.75) is 32.6 Å². The third-order valence-corrected chi connectivity index (χ3v) is 4.18. The van der Waals surface area contributed by atoms with Crippen LogP contribution >= 0.6 is 0 Å². The van der Waals surface area contributed by atoms with Crippen LogP contribution < -0.4 is 14.8 Å². The minimum absolute atomic E-state index is 0.638. The zero-order valence-corrected chi connectivity index (χ0v) is 13.1. The van der Waals surface area contributed by atoms with Gasteiger partial charge in [0.25, 0.3) is 0 Å². The van der Waals surface area contributed by atoms with E-state index in [1.165, 1.54) is 18.4 Å². The highest BCUT2D eigenvalue weighted by Gasteiger charge is 2.32. The molecule has 112 valence electrons. The molecule has 0 heterocycles. The first-order chi connectivity index (χ1) is 9.63. The maximum atomic E-state index is 5.37. The Morgan fingerprint density at radius 3 is 2.20 bits per heavy atom. The Balaban J connectivity index is 2.00. The Morgan fingerprint density at radius 1 is 1.10 bits per heavy atom. The van der Waals surface area contributed by atoms with Crippen LogP contribution in [0.3, 0.4) is 0 Å². The molecule has 0 saturated heterocycles. The molecule has 1 aliphatic carbocycles. The fourth-order valence-electron chi connectivity index (χ4n) is 2.85. The van der Waals surface area contributed by atoms with Gasteiger partial charge in [-0.1, -0.05) is 13.8 Å². The largest absolute Gasteiger partial charge is 0.497 e. The normalized spacial score (nSPS) is 21.6. The lowest BCUT2D eigenvalue weighted by atomic mass is 9.70. The van der Waals surface area contributed by atoms with E-state index >= 15 is 0 Å². The van der Waals surface area contributed by atoms with Crippen LogP contribution in [0, 0.1) is 11.8 Å². The molecule has 0 aliphatic heterocycles. The fourth-order valence-corrected chi connectivity index (χ4v) is 2.85. The summed E-state index contributed by atoms with van der Waals surface area (Å²) in [4.78, 5) is 0. The molecule has 1 saturated carbocycles. The van der Waals surface area contributed by atoms with Crippen molar-refractivity contribution in [3.63, 3.8) is 0 Å². The van der Waals surface area contributed by atoms with E-state index < -0.39 is 0 Å². The zero-order chi connectivity index (χ0) is 14.5. The van der Waals surface area contributed by atoms with Crippen LogP contribution in [-0.2, 0) is 0 Å². The Labute approximate surface area is 122 Å². The van der Waals surface area contributed by atoms with Crippen molar-refractivity contribution in [3.05, 3.63) is 23.8 Å². The Bertz CT molecular complexity index is 409. The summed E-state index contributed by atoms with van der Waals surface area (Å²) in [6, 6.07) is 6.25. The molecule has 20 heavy (non-hydrogen) atoms. The average Bonchev–Trinajstić information content (AvgIpc) is 2.41. The molecule has 0 amide bonds. The van der Waals surface area contributed by atoms with Crippen molar-refractivity contribution in [2.75, 3.05) is 27.3 Å². The van der Waals surface area contributed by atoms with E-state index in [0.717, 1.165) is 30.5 Å². The molecule has 2 unspecified atom stereocenters. The summed E-state index contributed by atoms with van der Waals surface area (Å²) in [6.07, 6.45) is 2.58. The van der Waals surface area contributed by atoms with Gasteiger partial charge in [0.1, 0.15) is 11.5 Å². The van der Waals surface area contributed by atoms with E-state index in [0.29, 0.717) is 11.8 Å².